The van der Waals surface area contributed by atoms with Crippen LogP contribution in [-0.2, 0) is 12.8 Å². The Hall–Kier alpha value is -2.61. The molecule has 0 unspecified atom stereocenters. The largest absolute Gasteiger partial charge is 0.358 e. The van der Waals surface area contributed by atoms with Crippen LogP contribution in [0, 0.1) is 0 Å². The first-order valence-electron chi connectivity index (χ1n) is 7.26. The zero-order valence-corrected chi connectivity index (χ0v) is 11.7. The number of aliphatic imine (C=N–C) groups is 1. The molecule has 2 heterocycles. The Balaban J connectivity index is 1.46. The minimum atomic E-state index is 0.934. The molecule has 0 aliphatic carbocycles. The quantitative estimate of drug-likeness (QED) is 0.859. The Kier molecular flexibility index (Phi) is 2.93. The smallest absolute Gasteiger partial charge is 0.0669 e. The van der Waals surface area contributed by atoms with Crippen molar-refractivity contribution in [2.45, 2.75) is 12.8 Å². The lowest BCUT2D eigenvalue weighted by Crippen LogP contribution is -1.93. The van der Waals surface area contributed by atoms with Gasteiger partial charge in [0, 0.05) is 29.9 Å². The summed E-state index contributed by atoms with van der Waals surface area (Å²) < 4.78 is 0. The average Bonchev–Trinajstić information content (AvgIpc) is 3.09. The molecule has 2 aliphatic heterocycles. The van der Waals surface area contributed by atoms with E-state index in [0.29, 0.717) is 0 Å². The highest BCUT2D eigenvalue weighted by molar-refractivity contribution is 6.02. The molecule has 2 aromatic rings. The van der Waals surface area contributed by atoms with Gasteiger partial charge in [-0.05, 0) is 35.4 Å². The van der Waals surface area contributed by atoms with Crippen LogP contribution in [0.1, 0.15) is 11.1 Å². The van der Waals surface area contributed by atoms with Crippen LogP contribution in [0.15, 0.2) is 77.4 Å². The van der Waals surface area contributed by atoms with Gasteiger partial charge >= 0.3 is 0 Å². The van der Waals surface area contributed by atoms with Gasteiger partial charge in [-0.15, -0.1) is 0 Å². The molecule has 0 amide bonds. The molecular formula is C19H16N2. The van der Waals surface area contributed by atoms with E-state index in [0.717, 1.165) is 24.2 Å². The highest BCUT2D eigenvalue weighted by Gasteiger charge is 2.13. The highest BCUT2D eigenvalue weighted by Crippen LogP contribution is 2.28. The summed E-state index contributed by atoms with van der Waals surface area (Å²) in [6.45, 7) is 0. The Bertz CT molecular complexity index is 755. The standard InChI is InChI=1S/C19H16N2/c1-3-10-18-14(6-1)12-16(20-18)8-5-9-17-13-15-7-2-4-11-19(15)21-17/h1-11,20H,12-13H2/b9-5+,16-8+. The summed E-state index contributed by atoms with van der Waals surface area (Å²) in [5.41, 5.74) is 7.38. The SMILES string of the molecule is C(=C\C1=Nc2ccccc2C1)/C=C1\Cc2ccccc2N1. The zero-order valence-electron chi connectivity index (χ0n) is 11.7. The Morgan fingerprint density at radius 2 is 1.71 bits per heavy atom. The predicted octanol–water partition coefficient (Wildman–Crippen LogP) is 4.42. The van der Waals surface area contributed by atoms with Gasteiger partial charge in [-0.1, -0.05) is 42.5 Å². The third-order valence-corrected chi connectivity index (χ3v) is 3.91. The topological polar surface area (TPSA) is 24.4 Å². The van der Waals surface area contributed by atoms with Gasteiger partial charge in [-0.25, -0.2) is 0 Å². The second-order valence-corrected chi connectivity index (χ2v) is 5.42. The van der Waals surface area contributed by atoms with Crippen molar-refractivity contribution in [2.75, 3.05) is 5.32 Å². The lowest BCUT2D eigenvalue weighted by molar-refractivity contribution is 1.25. The molecule has 2 aromatic carbocycles. The zero-order chi connectivity index (χ0) is 14.1. The van der Waals surface area contributed by atoms with Crippen LogP contribution in [0.5, 0.6) is 0 Å². The van der Waals surface area contributed by atoms with E-state index in [4.69, 9.17) is 0 Å². The van der Waals surface area contributed by atoms with Gasteiger partial charge < -0.3 is 5.32 Å². The summed E-state index contributed by atoms with van der Waals surface area (Å²) in [4.78, 5) is 4.64. The van der Waals surface area contributed by atoms with E-state index >= 15 is 0 Å². The summed E-state index contributed by atoms with van der Waals surface area (Å²) in [5, 5.41) is 3.45. The van der Waals surface area contributed by atoms with Crippen molar-refractivity contribution in [3.8, 4) is 0 Å². The Morgan fingerprint density at radius 1 is 0.905 bits per heavy atom. The van der Waals surface area contributed by atoms with Crippen LogP contribution in [0.25, 0.3) is 0 Å². The van der Waals surface area contributed by atoms with Crippen LogP contribution in [0.2, 0.25) is 0 Å². The minimum absolute atomic E-state index is 0.934. The number of hydrogen-bond acceptors (Lipinski definition) is 2. The van der Waals surface area contributed by atoms with Crippen LogP contribution in [0.4, 0.5) is 11.4 Å². The molecule has 0 bridgehead atoms. The van der Waals surface area contributed by atoms with Crippen molar-refractivity contribution < 1.29 is 0 Å². The number of nitrogens with one attached hydrogen (secondary N) is 1. The molecule has 0 radical (unpaired) electrons. The maximum atomic E-state index is 4.64. The average molecular weight is 272 g/mol. The van der Waals surface area contributed by atoms with Crippen molar-refractivity contribution in [1.29, 1.82) is 0 Å². The number of hydrogen-bond donors (Lipinski definition) is 1. The van der Waals surface area contributed by atoms with Crippen LogP contribution in [-0.4, -0.2) is 5.71 Å². The number of nitrogens with zero attached hydrogens (tertiary/aromatic N) is 1. The number of rotatable bonds is 2. The number of fused-ring (bicyclic) bond motifs is 2. The predicted molar refractivity (Wildman–Crippen MR) is 88.2 cm³/mol. The molecule has 0 aromatic heterocycles. The Labute approximate surface area is 124 Å². The monoisotopic (exact) mass is 272 g/mol. The highest BCUT2D eigenvalue weighted by atomic mass is 14.9. The van der Waals surface area contributed by atoms with E-state index < -0.39 is 0 Å². The van der Waals surface area contributed by atoms with Gasteiger partial charge in [-0.2, -0.15) is 0 Å². The van der Waals surface area contributed by atoms with Crippen molar-refractivity contribution >= 4 is 17.1 Å². The van der Waals surface area contributed by atoms with E-state index in [-0.39, 0.29) is 0 Å². The molecule has 2 nitrogen and oxygen atoms in total. The molecule has 1 N–H and O–H groups in total. The number of allylic oxidation sites excluding steroid dienone is 4. The molecule has 0 saturated heterocycles. The van der Waals surface area contributed by atoms with Gasteiger partial charge in [0.1, 0.15) is 0 Å². The van der Waals surface area contributed by atoms with E-state index in [1.807, 2.05) is 6.07 Å². The fourth-order valence-corrected chi connectivity index (χ4v) is 2.85. The molecule has 4 rings (SSSR count). The van der Waals surface area contributed by atoms with Gasteiger partial charge in [-0.3, -0.25) is 4.99 Å². The molecule has 0 saturated carbocycles. The summed E-state index contributed by atoms with van der Waals surface area (Å²) >= 11 is 0. The van der Waals surface area contributed by atoms with E-state index in [1.165, 1.54) is 22.5 Å². The first-order chi connectivity index (χ1) is 10.4. The maximum absolute atomic E-state index is 4.64. The molecule has 0 atom stereocenters. The van der Waals surface area contributed by atoms with Crippen molar-refractivity contribution in [3.63, 3.8) is 0 Å². The van der Waals surface area contributed by atoms with Crippen LogP contribution >= 0.6 is 0 Å². The van der Waals surface area contributed by atoms with Gasteiger partial charge in [0.15, 0.2) is 0 Å². The molecule has 2 aliphatic rings. The summed E-state index contributed by atoms with van der Waals surface area (Å²) in [5.74, 6) is 0. The first-order valence-corrected chi connectivity index (χ1v) is 7.26. The van der Waals surface area contributed by atoms with Crippen LogP contribution in [0.3, 0.4) is 0 Å². The normalized spacial score (nSPS) is 17.7. The fraction of sp³-hybridized carbons (Fsp3) is 0.105. The van der Waals surface area contributed by atoms with E-state index in [9.17, 15) is 0 Å². The first kappa shape index (κ1) is 12.2. The minimum Gasteiger partial charge on any atom is -0.358 e. The molecular weight excluding hydrogens is 256 g/mol. The van der Waals surface area contributed by atoms with Gasteiger partial charge in [0.25, 0.3) is 0 Å². The van der Waals surface area contributed by atoms with E-state index in [1.54, 1.807) is 0 Å². The summed E-state index contributed by atoms with van der Waals surface area (Å²) in [6, 6.07) is 16.8. The third-order valence-electron chi connectivity index (χ3n) is 3.91. The molecule has 102 valence electrons. The van der Waals surface area contributed by atoms with Crippen molar-refractivity contribution in [1.82, 2.24) is 0 Å². The summed E-state index contributed by atoms with van der Waals surface area (Å²) in [6.07, 6.45) is 8.26. The number of benzene rings is 2. The van der Waals surface area contributed by atoms with Gasteiger partial charge in [0.2, 0.25) is 0 Å². The number of para-hydroxylation sites is 2. The van der Waals surface area contributed by atoms with E-state index in [2.05, 4.69) is 71.0 Å². The molecule has 0 fully saturated rings. The summed E-state index contributed by atoms with van der Waals surface area (Å²) in [7, 11) is 0. The molecule has 21 heavy (non-hydrogen) atoms. The van der Waals surface area contributed by atoms with Crippen molar-refractivity contribution in [2.24, 2.45) is 4.99 Å². The van der Waals surface area contributed by atoms with Crippen molar-refractivity contribution in [3.05, 3.63) is 83.6 Å². The third kappa shape index (κ3) is 2.40. The lowest BCUT2D eigenvalue weighted by Gasteiger charge is -1.97. The number of anilines is 1. The second kappa shape index (κ2) is 5.06. The molecule has 2 heteroatoms. The fourth-order valence-electron chi connectivity index (χ4n) is 2.85. The lowest BCUT2D eigenvalue weighted by atomic mass is 10.1. The maximum Gasteiger partial charge on any atom is 0.0669 e. The second-order valence-electron chi connectivity index (χ2n) is 5.42. The van der Waals surface area contributed by atoms with Crippen LogP contribution < -0.4 is 5.32 Å². The van der Waals surface area contributed by atoms with Gasteiger partial charge in [0.05, 0.1) is 5.69 Å². The Morgan fingerprint density at radius 3 is 2.57 bits per heavy atom. The molecule has 0 spiro atoms.